The molecule has 0 radical (unpaired) electrons. The van der Waals surface area contributed by atoms with Gasteiger partial charge in [0.05, 0.1) is 22.4 Å². The summed E-state index contributed by atoms with van der Waals surface area (Å²) in [7, 11) is 0. The van der Waals surface area contributed by atoms with Crippen molar-refractivity contribution in [1.82, 2.24) is 4.98 Å². The molecule has 0 bridgehead atoms. The predicted molar refractivity (Wildman–Crippen MR) is 48.8 cm³/mol. The number of rotatable bonds is 1. The third kappa shape index (κ3) is 1.26. The fourth-order valence-electron chi connectivity index (χ4n) is 1.26. The minimum absolute atomic E-state index is 0.444. The van der Waals surface area contributed by atoms with E-state index in [1.54, 1.807) is 11.3 Å². The maximum Gasteiger partial charge on any atom is 0.108 e. The van der Waals surface area contributed by atoms with Crippen LogP contribution in [0.3, 0.4) is 0 Å². The number of nitrogens with zero attached hydrogens (tertiary/aromatic N) is 2. The molecule has 0 atom stereocenters. The van der Waals surface area contributed by atoms with Gasteiger partial charge in [0.25, 0.3) is 0 Å². The summed E-state index contributed by atoms with van der Waals surface area (Å²) >= 11 is 1.64. The molecule has 1 aromatic rings. The number of fused-ring (bicyclic) bond motifs is 1. The van der Waals surface area contributed by atoms with E-state index in [2.05, 4.69) is 23.2 Å². The van der Waals surface area contributed by atoms with Crippen LogP contribution in [0.5, 0.6) is 0 Å². The van der Waals surface area contributed by atoms with Crippen LogP contribution < -0.4 is 9.88 Å². The van der Waals surface area contributed by atoms with Crippen LogP contribution in [0.4, 0.5) is 0 Å². The SMILES string of the molecule is N#CCc1nc2c(s1)=CCCC=2. The maximum atomic E-state index is 8.48. The molecule has 0 unspecified atom stereocenters. The number of nitriles is 1. The molecule has 1 aliphatic carbocycles. The Labute approximate surface area is 74.5 Å². The number of hydrogen-bond acceptors (Lipinski definition) is 3. The highest BCUT2D eigenvalue weighted by Gasteiger charge is 2.01. The van der Waals surface area contributed by atoms with E-state index >= 15 is 0 Å². The third-order valence-electron chi connectivity index (χ3n) is 1.79. The van der Waals surface area contributed by atoms with Gasteiger partial charge in [-0.2, -0.15) is 5.26 Å². The van der Waals surface area contributed by atoms with E-state index in [9.17, 15) is 0 Å². The standard InChI is InChI=1S/C9H8N2S/c10-6-5-9-11-7-3-1-2-4-8(7)12-9/h3-4H,1-2,5H2. The molecular weight excluding hydrogens is 168 g/mol. The predicted octanol–water partition coefficient (Wildman–Crippen LogP) is 0.564. The number of aromatic nitrogens is 1. The summed E-state index contributed by atoms with van der Waals surface area (Å²) in [5.41, 5.74) is 0. The molecule has 3 heteroatoms. The molecule has 0 aromatic carbocycles. The zero-order valence-electron chi connectivity index (χ0n) is 6.58. The topological polar surface area (TPSA) is 36.7 Å². The highest BCUT2D eigenvalue weighted by Crippen LogP contribution is 2.01. The Balaban J connectivity index is 2.54. The minimum Gasteiger partial charge on any atom is -0.240 e. The molecule has 12 heavy (non-hydrogen) atoms. The van der Waals surface area contributed by atoms with E-state index in [0.29, 0.717) is 6.42 Å². The molecule has 0 fully saturated rings. The van der Waals surface area contributed by atoms with Crippen molar-refractivity contribution in [3.8, 4) is 6.07 Å². The Morgan fingerprint density at radius 3 is 3.08 bits per heavy atom. The van der Waals surface area contributed by atoms with Crippen molar-refractivity contribution in [2.45, 2.75) is 19.3 Å². The van der Waals surface area contributed by atoms with Crippen LogP contribution in [-0.4, -0.2) is 4.98 Å². The zero-order chi connectivity index (χ0) is 8.39. The highest BCUT2D eigenvalue weighted by molar-refractivity contribution is 7.09. The van der Waals surface area contributed by atoms with E-state index in [1.165, 1.54) is 4.53 Å². The largest absolute Gasteiger partial charge is 0.240 e. The van der Waals surface area contributed by atoms with Crippen molar-refractivity contribution in [1.29, 1.82) is 5.26 Å². The second kappa shape index (κ2) is 3.08. The maximum absolute atomic E-state index is 8.48. The molecule has 0 amide bonds. The van der Waals surface area contributed by atoms with E-state index in [0.717, 1.165) is 23.2 Å². The van der Waals surface area contributed by atoms with Crippen LogP contribution in [0, 0.1) is 11.3 Å². The fourth-order valence-corrected chi connectivity index (χ4v) is 2.23. The van der Waals surface area contributed by atoms with Crippen LogP contribution in [0.25, 0.3) is 12.2 Å². The number of thiazole rings is 1. The Morgan fingerprint density at radius 1 is 1.50 bits per heavy atom. The second-order valence-corrected chi connectivity index (χ2v) is 3.79. The summed E-state index contributed by atoms with van der Waals surface area (Å²) in [6.45, 7) is 0. The average Bonchev–Trinajstić information content (AvgIpc) is 2.47. The molecule has 0 saturated carbocycles. The highest BCUT2D eigenvalue weighted by atomic mass is 32.1. The van der Waals surface area contributed by atoms with E-state index in [-0.39, 0.29) is 0 Å². The Kier molecular flexibility index (Phi) is 1.92. The molecule has 0 aliphatic heterocycles. The number of hydrogen-bond donors (Lipinski definition) is 0. The normalized spacial score (nSPS) is 13.9. The van der Waals surface area contributed by atoms with Crippen LogP contribution in [0.15, 0.2) is 0 Å². The van der Waals surface area contributed by atoms with Crippen LogP contribution >= 0.6 is 11.3 Å². The summed E-state index contributed by atoms with van der Waals surface area (Å²) in [5, 5.41) is 10.5. The van der Waals surface area contributed by atoms with Crippen LogP contribution in [0.1, 0.15) is 17.8 Å². The smallest absolute Gasteiger partial charge is 0.108 e. The van der Waals surface area contributed by atoms with Crippen molar-refractivity contribution < 1.29 is 0 Å². The van der Waals surface area contributed by atoms with Crippen molar-refractivity contribution >= 4 is 23.5 Å². The molecule has 0 saturated heterocycles. The monoisotopic (exact) mass is 176 g/mol. The molecule has 0 N–H and O–H groups in total. The van der Waals surface area contributed by atoms with Gasteiger partial charge in [-0.1, -0.05) is 12.2 Å². The second-order valence-electron chi connectivity index (χ2n) is 2.68. The van der Waals surface area contributed by atoms with Gasteiger partial charge in [-0.05, 0) is 12.8 Å². The van der Waals surface area contributed by atoms with Crippen molar-refractivity contribution in [3.05, 3.63) is 14.9 Å². The van der Waals surface area contributed by atoms with Crippen molar-refractivity contribution in [2.24, 2.45) is 0 Å². The summed E-state index contributed by atoms with van der Waals surface area (Å²) in [5.74, 6) is 0. The van der Waals surface area contributed by atoms with Gasteiger partial charge in [0, 0.05) is 0 Å². The molecule has 2 nitrogen and oxygen atoms in total. The lowest BCUT2D eigenvalue weighted by Gasteiger charge is -1.89. The van der Waals surface area contributed by atoms with Crippen molar-refractivity contribution in [3.63, 3.8) is 0 Å². The zero-order valence-corrected chi connectivity index (χ0v) is 7.40. The fraction of sp³-hybridized carbons (Fsp3) is 0.333. The third-order valence-corrected chi connectivity index (χ3v) is 2.86. The van der Waals surface area contributed by atoms with Gasteiger partial charge >= 0.3 is 0 Å². The van der Waals surface area contributed by atoms with Gasteiger partial charge in [0.1, 0.15) is 5.01 Å². The first-order valence-corrected chi connectivity index (χ1v) is 4.75. The average molecular weight is 176 g/mol. The summed E-state index contributed by atoms with van der Waals surface area (Å²) in [4.78, 5) is 4.35. The van der Waals surface area contributed by atoms with Gasteiger partial charge < -0.3 is 0 Å². The first-order chi connectivity index (χ1) is 5.90. The Morgan fingerprint density at radius 2 is 2.33 bits per heavy atom. The van der Waals surface area contributed by atoms with Gasteiger partial charge in [0.2, 0.25) is 0 Å². The van der Waals surface area contributed by atoms with Crippen LogP contribution in [0.2, 0.25) is 0 Å². The first-order valence-electron chi connectivity index (χ1n) is 3.93. The quantitative estimate of drug-likeness (QED) is 0.627. The molecular formula is C9H8N2S. The molecule has 2 rings (SSSR count). The van der Waals surface area contributed by atoms with Gasteiger partial charge in [-0.25, -0.2) is 4.98 Å². The van der Waals surface area contributed by atoms with Gasteiger partial charge in [-0.15, -0.1) is 11.3 Å². The first kappa shape index (κ1) is 7.51. The molecule has 1 aliphatic rings. The lowest BCUT2D eigenvalue weighted by Crippen LogP contribution is -2.22. The van der Waals surface area contributed by atoms with Gasteiger partial charge in [0.15, 0.2) is 0 Å². The summed E-state index contributed by atoms with van der Waals surface area (Å²) < 4.78 is 1.24. The van der Waals surface area contributed by atoms with Gasteiger partial charge in [-0.3, -0.25) is 0 Å². The Hall–Kier alpha value is -1.14. The van der Waals surface area contributed by atoms with Crippen molar-refractivity contribution in [2.75, 3.05) is 0 Å². The van der Waals surface area contributed by atoms with E-state index in [4.69, 9.17) is 5.26 Å². The molecule has 1 aromatic heterocycles. The molecule has 0 spiro atoms. The summed E-state index contributed by atoms with van der Waals surface area (Å²) in [6.07, 6.45) is 6.99. The lowest BCUT2D eigenvalue weighted by atomic mass is 10.2. The summed E-state index contributed by atoms with van der Waals surface area (Å²) in [6, 6.07) is 2.11. The van der Waals surface area contributed by atoms with E-state index in [1.807, 2.05) is 0 Å². The van der Waals surface area contributed by atoms with Crippen LogP contribution in [-0.2, 0) is 6.42 Å². The molecule has 60 valence electrons. The minimum atomic E-state index is 0.444. The van der Waals surface area contributed by atoms with E-state index < -0.39 is 0 Å². The Bertz CT molecular complexity index is 403. The molecule has 1 heterocycles. The lowest BCUT2D eigenvalue weighted by molar-refractivity contribution is 1.08.